The molecule has 1 aromatic heterocycles. The van der Waals surface area contributed by atoms with Crippen molar-refractivity contribution in [2.24, 2.45) is 0 Å². The Kier molecular flexibility index (Phi) is 3.53. The fraction of sp³-hybridized carbons (Fsp3) is 0.111. The van der Waals surface area contributed by atoms with Crippen molar-refractivity contribution in [1.82, 2.24) is 4.98 Å². The summed E-state index contributed by atoms with van der Waals surface area (Å²) in [7, 11) is 1.50. The lowest BCUT2D eigenvalue weighted by Gasteiger charge is -2.26. The van der Waals surface area contributed by atoms with Crippen molar-refractivity contribution in [3.05, 3.63) is 29.5 Å². The number of pyridine rings is 1. The maximum Gasteiger partial charge on any atom is 0.149 e. The lowest BCUT2D eigenvalue weighted by Crippen LogP contribution is -2.23. The van der Waals surface area contributed by atoms with Crippen molar-refractivity contribution in [3.8, 4) is 0 Å². The molecule has 0 aliphatic carbocycles. The fourth-order valence-corrected chi connectivity index (χ4v) is 3.01. The number of carbonyl (C=O) groups is 1. The minimum absolute atomic E-state index is 0.500. The Morgan fingerprint density at radius 3 is 3.13 bits per heavy atom. The first kappa shape index (κ1) is 11.2. The molecule has 0 saturated heterocycles. The molecule has 1 aliphatic rings. The van der Waals surface area contributed by atoms with Gasteiger partial charge in [-0.05, 0) is 12.1 Å². The standard InChI is InChI=1S/C9H6ClIN2OS/c10-8-6(5-14)4-13(15-11)9-7(8)2-1-3-12-9/h1-3,5H,4H2. The van der Waals surface area contributed by atoms with E-state index in [1.165, 1.54) is 9.12 Å². The number of halogens is 2. The van der Waals surface area contributed by atoms with Crippen LogP contribution >= 0.6 is 41.9 Å². The highest BCUT2D eigenvalue weighted by Gasteiger charge is 2.23. The number of hydrogen-bond donors (Lipinski definition) is 0. The monoisotopic (exact) mass is 352 g/mol. The van der Waals surface area contributed by atoms with Crippen LogP contribution in [-0.2, 0) is 4.79 Å². The molecule has 15 heavy (non-hydrogen) atoms. The van der Waals surface area contributed by atoms with Gasteiger partial charge in [0.25, 0.3) is 0 Å². The zero-order valence-electron chi connectivity index (χ0n) is 7.48. The molecule has 1 aliphatic heterocycles. The van der Waals surface area contributed by atoms with Gasteiger partial charge in [-0.3, -0.25) is 9.10 Å². The van der Waals surface area contributed by atoms with E-state index in [1.807, 2.05) is 16.4 Å². The van der Waals surface area contributed by atoms with Crippen molar-refractivity contribution in [2.75, 3.05) is 10.8 Å². The van der Waals surface area contributed by atoms with Gasteiger partial charge in [-0.1, -0.05) is 11.6 Å². The van der Waals surface area contributed by atoms with E-state index >= 15 is 0 Å². The van der Waals surface area contributed by atoms with Crippen LogP contribution in [0.25, 0.3) is 5.03 Å². The Morgan fingerprint density at radius 1 is 1.67 bits per heavy atom. The van der Waals surface area contributed by atoms with Gasteiger partial charge >= 0.3 is 0 Å². The van der Waals surface area contributed by atoms with Crippen molar-refractivity contribution < 1.29 is 4.79 Å². The minimum atomic E-state index is 0.500. The zero-order valence-corrected chi connectivity index (χ0v) is 11.2. The van der Waals surface area contributed by atoms with Gasteiger partial charge in [-0.15, -0.1) is 0 Å². The molecule has 0 bridgehead atoms. The molecule has 78 valence electrons. The third-order valence-electron chi connectivity index (χ3n) is 2.08. The van der Waals surface area contributed by atoms with E-state index in [2.05, 4.69) is 26.2 Å². The molecule has 0 spiro atoms. The molecule has 0 aromatic carbocycles. The average molecular weight is 353 g/mol. The molecule has 0 N–H and O–H groups in total. The second-order valence-electron chi connectivity index (χ2n) is 2.94. The summed E-state index contributed by atoms with van der Waals surface area (Å²) in [5.41, 5.74) is 1.41. The van der Waals surface area contributed by atoms with Crippen LogP contribution in [0.1, 0.15) is 5.56 Å². The van der Waals surface area contributed by atoms with E-state index in [9.17, 15) is 4.79 Å². The largest absolute Gasteiger partial charge is 0.298 e. The molecule has 1 aromatic rings. The zero-order chi connectivity index (χ0) is 10.8. The fourth-order valence-electron chi connectivity index (χ4n) is 1.39. The Hall–Kier alpha value is -0.270. The second-order valence-corrected chi connectivity index (χ2v) is 5.08. The topological polar surface area (TPSA) is 33.2 Å². The van der Waals surface area contributed by atoms with Gasteiger partial charge in [-0.2, -0.15) is 0 Å². The molecule has 0 radical (unpaired) electrons. The summed E-state index contributed by atoms with van der Waals surface area (Å²) in [6.07, 6.45) is 2.52. The van der Waals surface area contributed by atoms with E-state index < -0.39 is 0 Å². The number of aldehydes is 1. The molecule has 2 rings (SSSR count). The maximum absolute atomic E-state index is 10.8. The van der Waals surface area contributed by atoms with E-state index in [-0.39, 0.29) is 0 Å². The smallest absolute Gasteiger partial charge is 0.149 e. The summed E-state index contributed by atoms with van der Waals surface area (Å²) < 4.78 is 1.94. The first-order chi connectivity index (χ1) is 7.27. The van der Waals surface area contributed by atoms with Crippen LogP contribution in [0.4, 0.5) is 5.82 Å². The minimum Gasteiger partial charge on any atom is -0.298 e. The number of aromatic nitrogens is 1. The summed E-state index contributed by atoms with van der Waals surface area (Å²) in [6, 6.07) is 3.68. The summed E-state index contributed by atoms with van der Waals surface area (Å²) in [4.78, 5) is 15.1. The summed E-state index contributed by atoms with van der Waals surface area (Å²) >= 11 is 8.26. The highest BCUT2D eigenvalue weighted by atomic mass is 127. The third-order valence-corrected chi connectivity index (χ3v) is 4.42. The molecule has 6 heteroatoms. The molecule has 0 atom stereocenters. The molecule has 0 saturated carbocycles. The number of carbonyl (C=O) groups excluding carboxylic acids is 1. The number of hydrogen-bond acceptors (Lipinski definition) is 4. The van der Waals surface area contributed by atoms with Gasteiger partial charge in [0.2, 0.25) is 0 Å². The van der Waals surface area contributed by atoms with E-state index in [0.717, 1.165) is 17.7 Å². The third kappa shape index (κ3) is 2.00. The van der Waals surface area contributed by atoms with Gasteiger partial charge < -0.3 is 0 Å². The van der Waals surface area contributed by atoms with Crippen LogP contribution in [-0.4, -0.2) is 17.8 Å². The van der Waals surface area contributed by atoms with Crippen LogP contribution in [0.2, 0.25) is 0 Å². The van der Waals surface area contributed by atoms with Gasteiger partial charge in [-0.25, -0.2) is 4.98 Å². The molecule has 0 fully saturated rings. The predicted octanol–water partition coefficient (Wildman–Crippen LogP) is 3.05. The maximum atomic E-state index is 10.8. The number of rotatable bonds is 2. The van der Waals surface area contributed by atoms with Gasteiger partial charge in [0, 0.05) is 47.7 Å². The van der Waals surface area contributed by atoms with Gasteiger partial charge in [0.05, 0.1) is 11.6 Å². The highest BCUT2D eigenvalue weighted by Crippen LogP contribution is 2.39. The van der Waals surface area contributed by atoms with Crippen LogP contribution in [0.3, 0.4) is 0 Å². The van der Waals surface area contributed by atoms with Gasteiger partial charge in [0.15, 0.2) is 0 Å². The first-order valence-electron chi connectivity index (χ1n) is 4.13. The van der Waals surface area contributed by atoms with Crippen LogP contribution in [0, 0.1) is 0 Å². The molecule has 0 amide bonds. The predicted molar refractivity (Wildman–Crippen MR) is 72.0 cm³/mol. The Labute approximate surface area is 109 Å². The first-order valence-corrected chi connectivity index (χ1v) is 7.82. The van der Waals surface area contributed by atoms with Crippen molar-refractivity contribution in [1.29, 1.82) is 0 Å². The SMILES string of the molecule is O=CC1=C(Cl)c2cccnc2N(SI)C1. The molecular formula is C9H6ClIN2OS. The summed E-state index contributed by atoms with van der Waals surface area (Å²) in [6.45, 7) is 0.500. The molecule has 0 unspecified atom stereocenters. The summed E-state index contributed by atoms with van der Waals surface area (Å²) in [5, 5.41) is 0.509. The second kappa shape index (κ2) is 4.71. The molecular weight excluding hydrogens is 347 g/mol. The summed E-state index contributed by atoms with van der Waals surface area (Å²) in [5.74, 6) is 0.813. The van der Waals surface area contributed by atoms with E-state index in [1.54, 1.807) is 6.20 Å². The lowest BCUT2D eigenvalue weighted by molar-refractivity contribution is -0.104. The Bertz CT molecular complexity index is 438. The quantitative estimate of drug-likeness (QED) is 0.465. The van der Waals surface area contributed by atoms with E-state index in [4.69, 9.17) is 11.6 Å². The lowest BCUT2D eigenvalue weighted by atomic mass is 10.1. The van der Waals surface area contributed by atoms with Gasteiger partial charge in [0.1, 0.15) is 12.1 Å². The normalized spacial score (nSPS) is 15.2. The number of nitrogens with zero attached hydrogens (tertiary/aromatic N) is 2. The van der Waals surface area contributed by atoms with E-state index in [0.29, 0.717) is 17.2 Å². The number of fused-ring (bicyclic) bond motifs is 1. The Balaban J connectivity index is 2.58. The van der Waals surface area contributed by atoms with Crippen molar-refractivity contribution in [3.63, 3.8) is 0 Å². The highest BCUT2D eigenvalue weighted by molar-refractivity contribution is 14.2. The van der Waals surface area contributed by atoms with Crippen LogP contribution < -0.4 is 4.31 Å². The van der Waals surface area contributed by atoms with Crippen molar-refractivity contribution >= 4 is 59.1 Å². The molecule has 3 nitrogen and oxygen atoms in total. The van der Waals surface area contributed by atoms with Crippen molar-refractivity contribution in [2.45, 2.75) is 0 Å². The Morgan fingerprint density at radius 2 is 2.47 bits per heavy atom. The molecule has 2 heterocycles. The van der Waals surface area contributed by atoms with Crippen LogP contribution in [0.5, 0.6) is 0 Å². The number of anilines is 1. The average Bonchev–Trinajstić information content (AvgIpc) is 2.30. The van der Waals surface area contributed by atoms with Crippen LogP contribution in [0.15, 0.2) is 23.9 Å².